The van der Waals surface area contributed by atoms with Crippen LogP contribution in [0.3, 0.4) is 0 Å². The van der Waals surface area contributed by atoms with Gasteiger partial charge in [-0.15, -0.1) is 0 Å². The molecule has 1 fully saturated rings. The first-order valence-electron chi connectivity index (χ1n) is 6.76. The van der Waals surface area contributed by atoms with Gasteiger partial charge >= 0.3 is 0 Å². The number of sulfone groups is 1. The van der Waals surface area contributed by atoms with Gasteiger partial charge < -0.3 is 0 Å². The molecule has 1 aliphatic rings. The summed E-state index contributed by atoms with van der Waals surface area (Å²) in [6.45, 7) is 1.71. The smallest absolute Gasteiger partial charge is 0.240 e. The van der Waals surface area contributed by atoms with Crippen molar-refractivity contribution in [2.45, 2.75) is 19.8 Å². The van der Waals surface area contributed by atoms with E-state index in [9.17, 15) is 13.2 Å². The van der Waals surface area contributed by atoms with Crippen LogP contribution in [0, 0.1) is 5.92 Å². The summed E-state index contributed by atoms with van der Waals surface area (Å²) in [5.74, 6) is -0.205. The minimum atomic E-state index is -2.97. The minimum absolute atomic E-state index is 0.0727. The summed E-state index contributed by atoms with van der Waals surface area (Å²) in [6.07, 6.45) is 0.678. The first-order valence-corrected chi connectivity index (χ1v) is 9.33. The highest BCUT2D eigenvalue weighted by atomic mass is 35.5. The molecule has 1 N–H and O–H groups in total. The van der Waals surface area contributed by atoms with E-state index in [0.29, 0.717) is 27.7 Å². The average Bonchev–Trinajstić information content (AvgIpc) is 2.78. The fraction of sp³-hybridized carbons (Fsp3) is 0.429. The Hall–Kier alpha value is -1.11. The molecule has 0 aromatic heterocycles. The van der Waals surface area contributed by atoms with Gasteiger partial charge in [0.15, 0.2) is 9.84 Å². The van der Waals surface area contributed by atoms with E-state index in [1.165, 1.54) is 0 Å². The Morgan fingerprint density at radius 2 is 2.14 bits per heavy atom. The van der Waals surface area contributed by atoms with Crippen LogP contribution in [-0.4, -0.2) is 31.5 Å². The molecule has 1 aromatic carbocycles. The van der Waals surface area contributed by atoms with Crippen LogP contribution in [0.5, 0.6) is 0 Å². The van der Waals surface area contributed by atoms with Crippen molar-refractivity contribution in [3.63, 3.8) is 0 Å². The van der Waals surface area contributed by atoms with Gasteiger partial charge in [-0.2, -0.15) is 5.10 Å². The monoisotopic (exact) mass is 362 g/mol. The second-order valence-corrected chi connectivity index (χ2v) is 8.40. The lowest BCUT2D eigenvalue weighted by atomic mass is 10.1. The van der Waals surface area contributed by atoms with Gasteiger partial charge in [0, 0.05) is 22.0 Å². The summed E-state index contributed by atoms with van der Waals surface area (Å²) in [5.41, 5.74) is 3.60. The van der Waals surface area contributed by atoms with Gasteiger partial charge in [-0.25, -0.2) is 13.8 Å². The lowest BCUT2D eigenvalue weighted by Crippen LogP contribution is -2.22. The molecule has 1 saturated heterocycles. The summed E-state index contributed by atoms with van der Waals surface area (Å²) < 4.78 is 22.7. The zero-order valence-corrected chi connectivity index (χ0v) is 14.3. The predicted molar refractivity (Wildman–Crippen MR) is 88.2 cm³/mol. The van der Waals surface area contributed by atoms with Crippen LogP contribution >= 0.6 is 23.2 Å². The number of nitrogens with one attached hydrogen (secondary N) is 1. The maximum absolute atomic E-state index is 11.8. The fourth-order valence-corrected chi connectivity index (χ4v) is 4.61. The highest BCUT2D eigenvalue weighted by Gasteiger charge is 2.29. The van der Waals surface area contributed by atoms with Crippen molar-refractivity contribution < 1.29 is 13.2 Å². The third-order valence-electron chi connectivity index (χ3n) is 3.47. The molecule has 0 unspecified atom stereocenters. The van der Waals surface area contributed by atoms with Crippen molar-refractivity contribution in [1.82, 2.24) is 5.43 Å². The molecule has 5 nitrogen and oxygen atoms in total. The maximum atomic E-state index is 11.8. The molecular formula is C14H16Cl2N2O3S. The van der Waals surface area contributed by atoms with Crippen molar-refractivity contribution in [2.75, 3.05) is 11.5 Å². The van der Waals surface area contributed by atoms with Crippen molar-refractivity contribution in [1.29, 1.82) is 0 Å². The van der Waals surface area contributed by atoms with Crippen LogP contribution in [0.15, 0.2) is 23.3 Å². The molecule has 0 saturated carbocycles. The second kappa shape index (κ2) is 6.98. The van der Waals surface area contributed by atoms with E-state index in [1.54, 1.807) is 25.1 Å². The van der Waals surface area contributed by atoms with Crippen LogP contribution in [0.2, 0.25) is 10.0 Å². The Bertz CT molecular complexity index is 717. The van der Waals surface area contributed by atoms with E-state index in [1.807, 2.05) is 0 Å². The Labute approximate surface area is 139 Å². The van der Waals surface area contributed by atoms with Gasteiger partial charge in [0.2, 0.25) is 5.91 Å². The quantitative estimate of drug-likeness (QED) is 0.660. The molecule has 2 rings (SSSR count). The Balaban J connectivity index is 1.96. The van der Waals surface area contributed by atoms with Crippen molar-refractivity contribution in [3.8, 4) is 0 Å². The first kappa shape index (κ1) is 17.2. The van der Waals surface area contributed by atoms with Gasteiger partial charge in [-0.3, -0.25) is 4.79 Å². The second-order valence-electron chi connectivity index (χ2n) is 5.33. The van der Waals surface area contributed by atoms with Gasteiger partial charge in [0.25, 0.3) is 0 Å². The number of hydrogen-bond donors (Lipinski definition) is 1. The zero-order chi connectivity index (χ0) is 16.3. The lowest BCUT2D eigenvalue weighted by Gasteiger charge is -2.07. The lowest BCUT2D eigenvalue weighted by molar-refractivity contribution is -0.121. The number of halogens is 2. The minimum Gasteiger partial charge on any atom is -0.273 e. The Morgan fingerprint density at radius 3 is 2.77 bits per heavy atom. The van der Waals surface area contributed by atoms with E-state index >= 15 is 0 Å². The van der Waals surface area contributed by atoms with E-state index < -0.39 is 9.84 Å². The number of benzene rings is 1. The summed E-state index contributed by atoms with van der Waals surface area (Å²) in [5, 5.41) is 5.01. The number of carbonyl (C=O) groups is 1. The SMILES string of the molecule is C/C(=N/NC(=O)C[C@H]1CCS(=O)(=O)C1)c1cc(Cl)ccc1Cl. The van der Waals surface area contributed by atoms with Crippen molar-refractivity contribution in [2.24, 2.45) is 11.0 Å². The predicted octanol–water partition coefficient (Wildman–Crippen LogP) is 2.66. The molecule has 1 atom stereocenters. The van der Waals surface area contributed by atoms with E-state index in [-0.39, 0.29) is 29.8 Å². The molecule has 1 aliphatic heterocycles. The van der Waals surface area contributed by atoms with Gasteiger partial charge in [-0.1, -0.05) is 23.2 Å². The number of carbonyl (C=O) groups excluding carboxylic acids is 1. The molecule has 22 heavy (non-hydrogen) atoms. The topological polar surface area (TPSA) is 75.6 Å². The molecule has 0 radical (unpaired) electrons. The molecule has 1 aromatic rings. The van der Waals surface area contributed by atoms with Crippen LogP contribution < -0.4 is 5.43 Å². The number of rotatable bonds is 4. The average molecular weight is 363 g/mol. The highest BCUT2D eigenvalue weighted by Crippen LogP contribution is 2.22. The van der Waals surface area contributed by atoms with Crippen molar-refractivity contribution in [3.05, 3.63) is 33.8 Å². The van der Waals surface area contributed by atoms with Crippen LogP contribution in [0.1, 0.15) is 25.3 Å². The number of amides is 1. The molecule has 0 bridgehead atoms. The molecule has 120 valence electrons. The summed E-state index contributed by atoms with van der Waals surface area (Å²) in [6, 6.07) is 4.99. The van der Waals surface area contributed by atoms with E-state index in [0.717, 1.165) is 0 Å². The molecule has 1 amide bonds. The summed E-state index contributed by atoms with van der Waals surface area (Å²) in [4.78, 5) is 11.8. The third-order valence-corrected chi connectivity index (χ3v) is 5.87. The molecule has 0 aliphatic carbocycles. The summed E-state index contributed by atoms with van der Waals surface area (Å²) in [7, 11) is -2.97. The van der Waals surface area contributed by atoms with E-state index in [4.69, 9.17) is 23.2 Å². The largest absolute Gasteiger partial charge is 0.273 e. The van der Waals surface area contributed by atoms with Crippen LogP contribution in [-0.2, 0) is 14.6 Å². The van der Waals surface area contributed by atoms with Crippen LogP contribution in [0.4, 0.5) is 0 Å². The van der Waals surface area contributed by atoms with Gasteiger partial charge in [-0.05, 0) is 37.5 Å². The number of hydrazone groups is 1. The Morgan fingerprint density at radius 1 is 1.41 bits per heavy atom. The zero-order valence-electron chi connectivity index (χ0n) is 12.0. The normalized spacial score (nSPS) is 20.9. The Kier molecular flexibility index (Phi) is 5.47. The van der Waals surface area contributed by atoms with Crippen molar-refractivity contribution >= 4 is 44.7 Å². The van der Waals surface area contributed by atoms with Crippen LogP contribution in [0.25, 0.3) is 0 Å². The first-order chi connectivity index (χ1) is 10.3. The van der Waals surface area contributed by atoms with Gasteiger partial charge in [0.05, 0.1) is 17.2 Å². The number of nitrogens with zero attached hydrogens (tertiary/aromatic N) is 1. The molecule has 8 heteroatoms. The maximum Gasteiger partial charge on any atom is 0.240 e. The fourth-order valence-electron chi connectivity index (χ4n) is 2.32. The molecule has 0 spiro atoms. The van der Waals surface area contributed by atoms with Gasteiger partial charge in [0.1, 0.15) is 0 Å². The third kappa shape index (κ3) is 4.69. The molecular weight excluding hydrogens is 347 g/mol. The molecule has 1 heterocycles. The standard InChI is InChI=1S/C14H16Cl2N2O3S/c1-9(12-7-11(15)2-3-13(12)16)17-18-14(19)6-10-4-5-22(20,21)8-10/h2-3,7,10H,4-6,8H2,1H3,(H,18,19)/b17-9-/t10-/m1/s1. The van der Waals surface area contributed by atoms with E-state index in [2.05, 4.69) is 10.5 Å². The highest BCUT2D eigenvalue weighted by molar-refractivity contribution is 7.91. The number of hydrogen-bond acceptors (Lipinski definition) is 4. The summed E-state index contributed by atoms with van der Waals surface area (Å²) >= 11 is 12.0.